The number of fused-ring (bicyclic) bond motifs is 3. The number of halogens is 1. The predicted molar refractivity (Wildman–Crippen MR) is 299 cm³/mol. The Bertz CT molecular complexity index is 3580. The smallest absolute Gasteiger partial charge is 0.0351 e. The van der Waals surface area contributed by atoms with Crippen LogP contribution in [0.2, 0.25) is 0 Å². The van der Waals surface area contributed by atoms with Crippen LogP contribution in [-0.4, -0.2) is 17.8 Å². The van der Waals surface area contributed by atoms with E-state index in [-0.39, 0.29) is 5.82 Å². The molecule has 0 spiro atoms. The summed E-state index contributed by atoms with van der Waals surface area (Å²) in [6, 6.07) is 104. The second-order valence-corrected chi connectivity index (χ2v) is 25.9. The SMILES string of the molecule is Fc1ccc(-n2c3ccccc3c3cc(N(c4ccc(-c5cc[c]([Ge]([c]6ccccc6)([c]6ccccc6)[c]6ccccc6)cc5)cc4)c4ccc(N(c5ccccc5)c5ccccc5)cc4)ccc32)cc1. The standard InChI is InChI=1S/C66H48FGeN3/c67-51-34-40-61(41-35-51)71-65-29-17-16-28-63(65)64-48-62(46-47-66(64)71)70(60-44-42-59(43-45-60)69(56-24-12-4-13-25-56)57-26-14-5-15-27-57)58-38-32-50(33-39-58)49-30-36-55(37-31-49)68(52-18-6-1-7-19-52,53-20-8-2-9-21-53)54-22-10-3-11-23-54/h1-48H. The second-order valence-electron chi connectivity index (χ2n) is 17.9. The van der Waals surface area contributed by atoms with Gasteiger partial charge >= 0.3 is 251 Å². The van der Waals surface area contributed by atoms with Gasteiger partial charge in [0.25, 0.3) is 0 Å². The van der Waals surface area contributed by atoms with E-state index < -0.39 is 13.3 Å². The van der Waals surface area contributed by atoms with E-state index in [1.165, 1.54) is 35.3 Å². The first-order chi connectivity index (χ1) is 35.1. The Morgan fingerprint density at radius 2 is 0.634 bits per heavy atom. The van der Waals surface area contributed by atoms with Crippen LogP contribution in [0.25, 0.3) is 38.6 Å². The van der Waals surface area contributed by atoms with Gasteiger partial charge in [0.1, 0.15) is 5.82 Å². The van der Waals surface area contributed by atoms with Gasteiger partial charge in [0.15, 0.2) is 0 Å². The number of hydrogen-bond donors (Lipinski definition) is 0. The van der Waals surface area contributed by atoms with Gasteiger partial charge in [-0.15, -0.1) is 0 Å². The first kappa shape index (κ1) is 43.6. The van der Waals surface area contributed by atoms with Crippen molar-refractivity contribution >= 4 is 86.8 Å². The average molecular weight is 975 g/mol. The second kappa shape index (κ2) is 19.0. The maximum absolute atomic E-state index is 14.2. The summed E-state index contributed by atoms with van der Waals surface area (Å²) in [6.07, 6.45) is 0. The molecule has 0 unspecified atom stereocenters. The number of anilines is 6. The molecule has 0 aliphatic rings. The van der Waals surface area contributed by atoms with Crippen LogP contribution in [0.4, 0.5) is 38.5 Å². The molecule has 0 N–H and O–H groups in total. The van der Waals surface area contributed by atoms with Crippen LogP contribution >= 0.6 is 0 Å². The molecule has 0 bridgehead atoms. The van der Waals surface area contributed by atoms with Crippen LogP contribution in [0.1, 0.15) is 0 Å². The summed E-state index contributed by atoms with van der Waals surface area (Å²) in [4.78, 5) is 4.63. The van der Waals surface area contributed by atoms with E-state index in [0.717, 1.165) is 67.2 Å². The van der Waals surface area contributed by atoms with Gasteiger partial charge in [-0.1, -0.05) is 54.6 Å². The van der Waals surface area contributed by atoms with E-state index in [1.807, 2.05) is 12.1 Å². The molecule has 11 aromatic carbocycles. The molecule has 1 heterocycles. The topological polar surface area (TPSA) is 11.4 Å². The molecule has 0 aliphatic carbocycles. The van der Waals surface area contributed by atoms with Gasteiger partial charge < -0.3 is 9.47 Å². The van der Waals surface area contributed by atoms with Crippen molar-refractivity contribution in [1.29, 1.82) is 0 Å². The van der Waals surface area contributed by atoms with Gasteiger partial charge in [-0.05, 0) is 54.6 Å². The minimum atomic E-state index is -3.40. The minimum absolute atomic E-state index is 0.254. The summed E-state index contributed by atoms with van der Waals surface area (Å²) in [5.41, 5.74) is 11.7. The van der Waals surface area contributed by atoms with Gasteiger partial charge in [-0.25, -0.2) is 4.39 Å². The van der Waals surface area contributed by atoms with Crippen LogP contribution in [0.15, 0.2) is 291 Å². The van der Waals surface area contributed by atoms with Gasteiger partial charge in [0, 0.05) is 28.1 Å². The molecule has 0 amide bonds. The van der Waals surface area contributed by atoms with Crippen molar-refractivity contribution < 1.29 is 4.39 Å². The van der Waals surface area contributed by atoms with E-state index in [2.05, 4.69) is 281 Å². The number of aromatic nitrogens is 1. The fraction of sp³-hybridized carbons (Fsp3) is 0. The van der Waals surface area contributed by atoms with Crippen molar-refractivity contribution in [2.75, 3.05) is 9.80 Å². The Labute approximate surface area is 417 Å². The third-order valence-corrected chi connectivity index (χ3v) is 23.9. The Hall–Kier alpha value is -8.71. The molecule has 338 valence electrons. The quantitative estimate of drug-likeness (QED) is 0.113. The van der Waals surface area contributed by atoms with E-state index in [4.69, 9.17) is 0 Å². The predicted octanol–water partition coefficient (Wildman–Crippen LogP) is 14.9. The third kappa shape index (κ3) is 8.08. The van der Waals surface area contributed by atoms with Crippen LogP contribution in [0.5, 0.6) is 0 Å². The van der Waals surface area contributed by atoms with Crippen molar-refractivity contribution in [2.45, 2.75) is 0 Å². The average Bonchev–Trinajstić information content (AvgIpc) is 3.77. The zero-order valence-corrected chi connectivity index (χ0v) is 41.0. The Kier molecular flexibility index (Phi) is 11.7. The van der Waals surface area contributed by atoms with Gasteiger partial charge in [-0.3, -0.25) is 0 Å². The molecule has 3 nitrogen and oxygen atoms in total. The molecule has 0 fully saturated rings. The fourth-order valence-corrected chi connectivity index (χ4v) is 20.5. The maximum atomic E-state index is 14.2. The van der Waals surface area contributed by atoms with Crippen LogP contribution in [0.3, 0.4) is 0 Å². The van der Waals surface area contributed by atoms with Crippen molar-refractivity contribution in [1.82, 2.24) is 4.57 Å². The molecule has 12 aromatic rings. The van der Waals surface area contributed by atoms with Crippen molar-refractivity contribution in [3.63, 3.8) is 0 Å². The summed E-state index contributed by atoms with van der Waals surface area (Å²) >= 11 is -3.40. The third-order valence-electron chi connectivity index (χ3n) is 13.8. The van der Waals surface area contributed by atoms with E-state index in [9.17, 15) is 4.39 Å². The van der Waals surface area contributed by atoms with Gasteiger partial charge in [0.2, 0.25) is 0 Å². The van der Waals surface area contributed by atoms with E-state index in [1.54, 1.807) is 0 Å². The number of para-hydroxylation sites is 3. The normalized spacial score (nSPS) is 11.5. The van der Waals surface area contributed by atoms with Crippen molar-refractivity contribution in [2.24, 2.45) is 0 Å². The molecular weight excluding hydrogens is 926 g/mol. The summed E-state index contributed by atoms with van der Waals surface area (Å²) < 4.78 is 22.0. The molecular formula is C66H48FGeN3. The zero-order valence-electron chi connectivity index (χ0n) is 38.9. The zero-order chi connectivity index (χ0) is 47.6. The molecule has 0 aliphatic heterocycles. The number of hydrogen-bond acceptors (Lipinski definition) is 2. The van der Waals surface area contributed by atoms with Gasteiger partial charge in [0.05, 0.1) is 11.0 Å². The number of nitrogens with zero attached hydrogens (tertiary/aromatic N) is 3. The first-order valence-electron chi connectivity index (χ1n) is 24.1. The number of benzene rings is 11. The molecule has 71 heavy (non-hydrogen) atoms. The van der Waals surface area contributed by atoms with Gasteiger partial charge in [-0.2, -0.15) is 0 Å². The monoisotopic (exact) mass is 975 g/mol. The Morgan fingerprint density at radius 3 is 1.13 bits per heavy atom. The summed E-state index contributed by atoms with van der Waals surface area (Å²) in [5, 5.41) is 2.24. The summed E-state index contributed by atoms with van der Waals surface area (Å²) in [6.45, 7) is 0. The van der Waals surface area contributed by atoms with E-state index >= 15 is 0 Å². The Balaban J connectivity index is 0.962. The molecule has 1 aromatic heterocycles. The molecule has 5 heteroatoms. The summed E-state index contributed by atoms with van der Waals surface area (Å²) in [7, 11) is 0. The van der Waals surface area contributed by atoms with Crippen molar-refractivity contribution in [3.05, 3.63) is 297 Å². The molecule has 0 atom stereocenters. The van der Waals surface area contributed by atoms with Crippen molar-refractivity contribution in [3.8, 4) is 16.8 Å². The first-order valence-corrected chi connectivity index (χ1v) is 28.3. The molecule has 12 rings (SSSR count). The van der Waals surface area contributed by atoms with E-state index in [0.29, 0.717) is 0 Å². The molecule has 0 saturated heterocycles. The van der Waals surface area contributed by atoms with Crippen LogP contribution in [0, 0.1) is 5.82 Å². The Morgan fingerprint density at radius 1 is 0.282 bits per heavy atom. The summed E-state index contributed by atoms with van der Waals surface area (Å²) in [5.74, 6) is -0.254. The minimum Gasteiger partial charge on any atom is -0.0351 e. The molecule has 0 radical (unpaired) electrons. The fourth-order valence-electron chi connectivity index (χ4n) is 10.5. The van der Waals surface area contributed by atoms with Crippen LogP contribution < -0.4 is 27.4 Å². The molecule has 0 saturated carbocycles. The number of rotatable bonds is 12. The van der Waals surface area contributed by atoms with Crippen LogP contribution in [-0.2, 0) is 0 Å².